The Hall–Kier alpha value is -3.33. The molecule has 0 bridgehead atoms. The molecule has 1 aromatic rings. The van der Waals surface area contributed by atoms with Gasteiger partial charge in [-0.2, -0.15) is 5.26 Å². The highest BCUT2D eigenvalue weighted by Crippen LogP contribution is 2.49. The zero-order chi connectivity index (χ0) is 27.9. The third-order valence-electron chi connectivity index (χ3n) is 7.27. The van der Waals surface area contributed by atoms with Gasteiger partial charge in [0.2, 0.25) is 11.8 Å². The van der Waals surface area contributed by atoms with E-state index in [1.54, 1.807) is 6.08 Å². The van der Waals surface area contributed by atoms with Crippen LogP contribution in [0.1, 0.15) is 19.8 Å². The summed E-state index contributed by atoms with van der Waals surface area (Å²) < 4.78 is 0. The largest absolute Gasteiger partial charge is 0.382 e. The van der Waals surface area contributed by atoms with Crippen molar-refractivity contribution in [1.82, 2.24) is 20.0 Å². The molecule has 2 saturated heterocycles. The number of benzene rings is 1. The van der Waals surface area contributed by atoms with Crippen molar-refractivity contribution in [3.8, 4) is 6.07 Å². The second-order valence-electron chi connectivity index (χ2n) is 10.1. The van der Waals surface area contributed by atoms with Gasteiger partial charge < -0.3 is 30.7 Å². The van der Waals surface area contributed by atoms with Gasteiger partial charge in [-0.3, -0.25) is 14.4 Å². The number of rotatable bonds is 11. The van der Waals surface area contributed by atoms with Gasteiger partial charge >= 0.3 is 0 Å². The quantitative estimate of drug-likeness (QED) is 0.217. The van der Waals surface area contributed by atoms with Crippen LogP contribution in [0.5, 0.6) is 0 Å². The van der Waals surface area contributed by atoms with Crippen LogP contribution >= 0.6 is 11.8 Å². The predicted octanol–water partition coefficient (Wildman–Crippen LogP) is 2.06. The number of likely N-dealkylation sites (N-methyl/N-ethyl adjacent to an activating group) is 1. The maximum atomic E-state index is 13.1. The van der Waals surface area contributed by atoms with Crippen molar-refractivity contribution in [1.29, 1.82) is 5.26 Å². The fourth-order valence-electron chi connectivity index (χ4n) is 4.83. The lowest BCUT2D eigenvalue weighted by Crippen LogP contribution is -2.45. The normalized spacial score (nSPS) is 24.6. The van der Waals surface area contributed by atoms with E-state index in [-0.39, 0.29) is 41.1 Å². The molecule has 0 spiro atoms. The molecule has 3 atom stereocenters. The van der Waals surface area contributed by atoms with Crippen LogP contribution in [-0.2, 0) is 14.4 Å². The van der Waals surface area contributed by atoms with Gasteiger partial charge in [0.1, 0.15) is 16.7 Å². The van der Waals surface area contributed by atoms with Crippen LogP contribution in [0, 0.1) is 17.2 Å². The van der Waals surface area contributed by atoms with Crippen molar-refractivity contribution in [2.45, 2.75) is 31.1 Å². The number of thioether (sulfide) groups is 1. The van der Waals surface area contributed by atoms with Crippen molar-refractivity contribution >= 4 is 40.9 Å². The molecule has 0 aromatic heterocycles. The number of hydrogen-bond acceptors (Lipinski definition) is 8. The number of anilines is 2. The number of nitrogens with zero attached hydrogens (tertiary/aromatic N) is 4. The fraction of sp³-hybridized carbons (Fsp3) is 0.500. The first-order valence-electron chi connectivity index (χ1n) is 13.4. The van der Waals surface area contributed by atoms with E-state index >= 15 is 0 Å². The van der Waals surface area contributed by atoms with E-state index in [2.05, 4.69) is 39.4 Å². The third kappa shape index (κ3) is 7.20. The number of amides is 3. The molecule has 3 aliphatic rings. The Kier molecular flexibility index (Phi) is 9.67. The highest BCUT2D eigenvalue weighted by atomic mass is 32.2. The molecule has 208 valence electrons. The molecule has 2 aliphatic heterocycles. The summed E-state index contributed by atoms with van der Waals surface area (Å²) in [6, 6.07) is 9.71. The number of hydrogen-bond donors (Lipinski definition) is 3. The lowest BCUT2D eigenvalue weighted by molar-refractivity contribution is -0.127. The Bertz CT molecular complexity index is 1150. The SMILES string of the molecule is C=CCNC(=O)/C(C#N)=C1\SC([C@@H]2CC2Nc2ccc(NC(=O)CCN3CCN(C)CC3)cc2)C(=O)N1CC. The minimum Gasteiger partial charge on any atom is -0.382 e. The van der Waals surface area contributed by atoms with Crippen LogP contribution in [0.4, 0.5) is 11.4 Å². The Morgan fingerprint density at radius 2 is 1.87 bits per heavy atom. The second-order valence-corrected chi connectivity index (χ2v) is 11.2. The van der Waals surface area contributed by atoms with Crippen molar-refractivity contribution < 1.29 is 14.4 Å². The molecule has 1 aromatic carbocycles. The smallest absolute Gasteiger partial charge is 0.264 e. The van der Waals surface area contributed by atoms with Crippen molar-refractivity contribution in [3.63, 3.8) is 0 Å². The van der Waals surface area contributed by atoms with Crippen LogP contribution in [0.2, 0.25) is 0 Å². The summed E-state index contributed by atoms with van der Waals surface area (Å²) in [5.74, 6) is -0.457. The molecule has 3 amide bonds. The maximum Gasteiger partial charge on any atom is 0.264 e. The van der Waals surface area contributed by atoms with Gasteiger partial charge in [-0.05, 0) is 44.7 Å². The second kappa shape index (κ2) is 13.2. The van der Waals surface area contributed by atoms with Gasteiger partial charge in [-0.25, -0.2) is 0 Å². The molecular weight excluding hydrogens is 514 g/mol. The van der Waals surface area contributed by atoms with Crippen LogP contribution in [0.15, 0.2) is 47.5 Å². The molecule has 10 nitrogen and oxygen atoms in total. The van der Waals surface area contributed by atoms with Gasteiger partial charge in [0, 0.05) is 75.6 Å². The number of carbonyl (C=O) groups is 3. The highest BCUT2D eigenvalue weighted by Gasteiger charge is 2.52. The minimum atomic E-state index is -0.496. The van der Waals surface area contributed by atoms with Crippen molar-refractivity contribution in [2.24, 2.45) is 5.92 Å². The Morgan fingerprint density at radius 1 is 1.18 bits per heavy atom. The van der Waals surface area contributed by atoms with E-state index in [4.69, 9.17) is 0 Å². The molecule has 3 N–H and O–H groups in total. The summed E-state index contributed by atoms with van der Waals surface area (Å²) in [6.45, 7) is 10.9. The van der Waals surface area contributed by atoms with E-state index < -0.39 is 5.91 Å². The van der Waals surface area contributed by atoms with Gasteiger partial charge in [0.05, 0.1) is 5.25 Å². The number of nitrogens with one attached hydrogen (secondary N) is 3. The van der Waals surface area contributed by atoms with E-state index in [1.807, 2.05) is 37.3 Å². The molecule has 11 heteroatoms. The summed E-state index contributed by atoms with van der Waals surface area (Å²) in [5.41, 5.74) is 1.63. The highest BCUT2D eigenvalue weighted by molar-refractivity contribution is 8.04. The first kappa shape index (κ1) is 28.7. The molecule has 3 fully saturated rings. The summed E-state index contributed by atoms with van der Waals surface area (Å²) >= 11 is 1.31. The van der Waals surface area contributed by atoms with Crippen LogP contribution < -0.4 is 16.0 Å². The maximum absolute atomic E-state index is 13.1. The minimum absolute atomic E-state index is 0.00733. The summed E-state index contributed by atoms with van der Waals surface area (Å²) in [6.07, 6.45) is 2.83. The molecule has 2 heterocycles. The Morgan fingerprint density at radius 3 is 2.51 bits per heavy atom. The summed E-state index contributed by atoms with van der Waals surface area (Å²) in [5, 5.41) is 18.8. The summed E-state index contributed by atoms with van der Waals surface area (Å²) in [4.78, 5) is 44.2. The van der Waals surface area contributed by atoms with Crippen molar-refractivity contribution in [3.05, 3.63) is 47.5 Å². The first-order valence-corrected chi connectivity index (χ1v) is 14.3. The van der Waals surface area contributed by atoms with Crippen LogP contribution in [0.3, 0.4) is 0 Å². The Labute approximate surface area is 234 Å². The molecule has 0 radical (unpaired) electrons. The van der Waals surface area contributed by atoms with Gasteiger partial charge in [0.25, 0.3) is 5.91 Å². The average Bonchev–Trinajstić information content (AvgIpc) is 3.61. The standard InChI is InChI=1S/C28H37N7O3S/c1-4-11-30-26(37)22(18-29)28-35(5-2)27(38)25(39-28)21-17-23(21)31-19-6-8-20(9-7-19)32-24(36)10-12-34-15-13-33(3)14-16-34/h4,6-9,21,23,25,31H,1,5,10-17H2,2-3H3,(H,30,37)(H,32,36)/b28-22-/t21-,23?,25?/m1/s1. The number of nitriles is 1. The lowest BCUT2D eigenvalue weighted by Gasteiger charge is -2.32. The summed E-state index contributed by atoms with van der Waals surface area (Å²) in [7, 11) is 2.12. The van der Waals surface area contributed by atoms with E-state index in [0.717, 1.165) is 50.5 Å². The van der Waals surface area contributed by atoms with Gasteiger partial charge in [-0.1, -0.05) is 17.8 Å². The lowest BCUT2D eigenvalue weighted by atomic mass is 10.2. The predicted molar refractivity (Wildman–Crippen MR) is 154 cm³/mol. The molecule has 4 rings (SSSR count). The fourth-order valence-corrected chi connectivity index (χ4v) is 6.38. The first-order chi connectivity index (χ1) is 18.8. The van der Waals surface area contributed by atoms with E-state index in [0.29, 0.717) is 18.0 Å². The van der Waals surface area contributed by atoms with E-state index in [9.17, 15) is 19.6 Å². The topological polar surface area (TPSA) is 121 Å². The average molecular weight is 552 g/mol. The molecule has 1 aliphatic carbocycles. The van der Waals surface area contributed by atoms with Gasteiger partial charge in [-0.15, -0.1) is 6.58 Å². The monoisotopic (exact) mass is 551 g/mol. The molecule has 1 saturated carbocycles. The van der Waals surface area contributed by atoms with E-state index in [1.165, 1.54) is 16.7 Å². The molecule has 39 heavy (non-hydrogen) atoms. The molecular formula is C28H37N7O3S. The third-order valence-corrected chi connectivity index (χ3v) is 8.72. The van der Waals surface area contributed by atoms with Gasteiger partial charge in [0.15, 0.2) is 0 Å². The van der Waals surface area contributed by atoms with Crippen LogP contribution in [0.25, 0.3) is 0 Å². The Balaban J connectivity index is 1.28. The number of carbonyl (C=O) groups excluding carboxylic acids is 3. The van der Waals surface area contributed by atoms with Crippen LogP contribution in [-0.4, -0.2) is 96.6 Å². The zero-order valence-electron chi connectivity index (χ0n) is 22.6. The zero-order valence-corrected chi connectivity index (χ0v) is 23.4. The van der Waals surface area contributed by atoms with Crippen molar-refractivity contribution in [2.75, 3.05) is 63.5 Å². The number of piperazine rings is 1. The molecule has 2 unspecified atom stereocenters.